The van der Waals surface area contributed by atoms with E-state index in [2.05, 4.69) is 71.2 Å². The van der Waals surface area contributed by atoms with Gasteiger partial charge in [0.05, 0.1) is 18.7 Å². The average molecular weight is 540 g/mol. The summed E-state index contributed by atoms with van der Waals surface area (Å²) in [6.45, 7) is 7.40. The van der Waals surface area contributed by atoms with Crippen LogP contribution >= 0.6 is 20.4 Å². The van der Waals surface area contributed by atoms with Gasteiger partial charge in [-0.05, 0) is 79.8 Å². The zero-order valence-corrected chi connectivity index (χ0v) is 23.0. The number of nitrogens with zero attached hydrogens (tertiary/aromatic N) is 2. The topological polar surface area (TPSA) is 90.8 Å². The summed E-state index contributed by atoms with van der Waals surface area (Å²) < 4.78 is 11.2. The molecule has 9 heteroatoms. The smallest absolute Gasteiger partial charge is 0.327 e. The minimum Gasteiger partial charge on any atom is -0.491 e. The van der Waals surface area contributed by atoms with Crippen molar-refractivity contribution in [3.63, 3.8) is 0 Å². The maximum Gasteiger partial charge on any atom is 0.327 e. The number of pyridine rings is 1. The fourth-order valence-electron chi connectivity index (χ4n) is 4.59. The van der Waals surface area contributed by atoms with Crippen LogP contribution in [0.5, 0.6) is 5.75 Å². The number of ether oxygens (including phenoxy) is 1. The van der Waals surface area contributed by atoms with E-state index in [1.165, 1.54) is 28.9 Å². The normalized spacial score (nSPS) is 13.9. The lowest BCUT2D eigenvalue weighted by atomic mass is 9.99. The number of hydrogen-bond acceptors (Lipinski definition) is 7. The molecule has 0 atom stereocenters. The summed E-state index contributed by atoms with van der Waals surface area (Å²) in [5, 5.41) is 3.03. The maximum absolute atomic E-state index is 8.93. The molecule has 7 nitrogen and oxygen atoms in total. The molecule has 0 amide bonds. The lowest BCUT2D eigenvalue weighted by Crippen LogP contribution is -2.29. The van der Waals surface area contributed by atoms with Gasteiger partial charge in [-0.15, -0.1) is 11.8 Å². The summed E-state index contributed by atoms with van der Waals surface area (Å²) in [6.07, 6.45) is 5.37. The first-order valence-corrected chi connectivity index (χ1v) is 14.9. The van der Waals surface area contributed by atoms with E-state index in [0.29, 0.717) is 19.8 Å². The molecule has 2 heterocycles. The van der Waals surface area contributed by atoms with Gasteiger partial charge >= 0.3 is 8.60 Å². The number of thioether (sulfide) groups is 1. The van der Waals surface area contributed by atoms with Crippen LogP contribution in [-0.2, 0) is 4.52 Å². The van der Waals surface area contributed by atoms with Crippen LogP contribution in [0.2, 0.25) is 0 Å². The summed E-state index contributed by atoms with van der Waals surface area (Å²) in [5.41, 5.74) is 5.36. The minimum atomic E-state index is -2.29. The summed E-state index contributed by atoms with van der Waals surface area (Å²) in [7, 11) is -2.29. The van der Waals surface area contributed by atoms with E-state index in [9.17, 15) is 0 Å². The molecule has 1 fully saturated rings. The highest BCUT2D eigenvalue weighted by molar-refractivity contribution is 8.00. The van der Waals surface area contributed by atoms with E-state index < -0.39 is 8.60 Å². The summed E-state index contributed by atoms with van der Waals surface area (Å²) in [6, 6.07) is 15.3. The Hall–Kier alpha value is -2.19. The second-order valence-corrected chi connectivity index (χ2v) is 11.6. The fraction of sp³-hybridized carbons (Fsp3) is 0.393. The lowest BCUT2D eigenvalue weighted by molar-refractivity contribution is 0.185. The second-order valence-electron chi connectivity index (χ2n) is 9.46. The van der Waals surface area contributed by atoms with Gasteiger partial charge in [0.1, 0.15) is 11.4 Å². The van der Waals surface area contributed by atoms with E-state index in [1.807, 2.05) is 18.0 Å². The third-order valence-electron chi connectivity index (χ3n) is 6.61. The summed E-state index contributed by atoms with van der Waals surface area (Å²) in [4.78, 5) is 29.6. The van der Waals surface area contributed by atoms with Crippen LogP contribution in [0, 0.1) is 6.92 Å². The Morgan fingerprint density at radius 2 is 2.00 bits per heavy atom. The first-order valence-electron chi connectivity index (χ1n) is 12.9. The maximum atomic E-state index is 8.93. The number of hydrogen-bond donors (Lipinski definition) is 3. The van der Waals surface area contributed by atoms with Crippen LogP contribution < -0.4 is 4.74 Å². The van der Waals surface area contributed by atoms with Gasteiger partial charge in [-0.2, -0.15) is 0 Å². The molecule has 3 N–H and O–H groups in total. The number of likely N-dealkylation sites (N-methyl/N-ethyl adjacent to an activating group) is 1. The predicted octanol–water partition coefficient (Wildman–Crippen LogP) is 6.26. The predicted molar refractivity (Wildman–Crippen MR) is 152 cm³/mol. The Balaban J connectivity index is 1.37. The van der Waals surface area contributed by atoms with Crippen molar-refractivity contribution in [2.75, 3.05) is 32.8 Å². The van der Waals surface area contributed by atoms with Gasteiger partial charge in [-0.1, -0.05) is 19.1 Å². The zero-order chi connectivity index (χ0) is 25.8. The Bertz CT molecular complexity index is 1360. The molecule has 0 aliphatic heterocycles. The number of aryl methyl sites for hydroxylation is 1. The molecule has 196 valence electrons. The molecule has 2 aromatic heterocycles. The van der Waals surface area contributed by atoms with E-state index >= 15 is 0 Å². The Morgan fingerprint density at radius 1 is 1.14 bits per heavy atom. The van der Waals surface area contributed by atoms with Crippen LogP contribution in [0.1, 0.15) is 31.7 Å². The van der Waals surface area contributed by atoms with Crippen molar-refractivity contribution in [2.24, 2.45) is 0 Å². The number of H-pyrrole nitrogens is 1. The lowest BCUT2D eigenvalue weighted by Gasteiger charge is -2.20. The summed E-state index contributed by atoms with van der Waals surface area (Å²) >= 11 is 1.98. The molecular weight excluding hydrogens is 505 g/mol. The van der Waals surface area contributed by atoms with Crippen LogP contribution in [0.25, 0.3) is 33.1 Å². The molecule has 1 aliphatic carbocycles. The van der Waals surface area contributed by atoms with Crippen LogP contribution in [0.4, 0.5) is 0 Å². The molecule has 0 unspecified atom stereocenters. The molecule has 1 saturated carbocycles. The van der Waals surface area contributed by atoms with Crippen molar-refractivity contribution in [1.82, 2.24) is 14.9 Å². The largest absolute Gasteiger partial charge is 0.491 e. The van der Waals surface area contributed by atoms with Crippen LogP contribution in [0.3, 0.4) is 0 Å². The van der Waals surface area contributed by atoms with E-state index in [4.69, 9.17) is 19.0 Å². The van der Waals surface area contributed by atoms with Crippen molar-refractivity contribution in [1.29, 1.82) is 0 Å². The standard InChI is InChI=1S/C28H34N3O4PS/c1-3-31(13-15-35-36(32)33)12-5-14-34-25-11-10-23(20-6-4-7-22(17-20)37-21-8-9-21)26-24-16-19(2)18-29-28(24)30-27(25)26/h4,6-7,10-11,16-18,21,32-33H,3,5,8-9,12-15H2,1-2H3,(H,29,30). The highest BCUT2D eigenvalue weighted by atomic mass is 32.2. The number of rotatable bonds is 13. The van der Waals surface area contributed by atoms with E-state index in [-0.39, 0.29) is 0 Å². The van der Waals surface area contributed by atoms with E-state index in [1.54, 1.807) is 0 Å². The molecule has 0 radical (unpaired) electrons. The number of aromatic amines is 1. The monoisotopic (exact) mass is 539 g/mol. The number of nitrogens with one attached hydrogen (secondary N) is 1. The Kier molecular flexibility index (Phi) is 8.65. The van der Waals surface area contributed by atoms with E-state index in [0.717, 1.165) is 58.0 Å². The Labute approximate surface area is 223 Å². The molecule has 4 aromatic rings. The van der Waals surface area contributed by atoms with Crippen molar-refractivity contribution in [2.45, 2.75) is 43.3 Å². The highest BCUT2D eigenvalue weighted by Crippen LogP contribution is 2.42. The molecule has 5 rings (SSSR count). The van der Waals surface area contributed by atoms with Gasteiger partial charge in [0.25, 0.3) is 0 Å². The zero-order valence-electron chi connectivity index (χ0n) is 21.3. The van der Waals surface area contributed by atoms with Crippen LogP contribution in [-0.4, -0.2) is 62.8 Å². The SMILES string of the molecule is CCN(CCCOc1ccc(-c2cccc(SC3CC3)c2)c2c1[nH]c1ncc(C)cc12)CCOP(O)O. The molecular formula is C28H34N3O4PS. The van der Waals surface area contributed by atoms with Crippen molar-refractivity contribution in [3.8, 4) is 16.9 Å². The van der Waals surface area contributed by atoms with Gasteiger partial charge in [-0.3, -0.25) is 0 Å². The quantitative estimate of drug-likeness (QED) is 0.136. The third kappa shape index (κ3) is 6.63. The average Bonchev–Trinajstić information content (AvgIpc) is 3.62. The third-order valence-corrected chi connectivity index (χ3v) is 8.36. The van der Waals surface area contributed by atoms with Gasteiger partial charge in [0.15, 0.2) is 0 Å². The van der Waals surface area contributed by atoms with Gasteiger partial charge < -0.3 is 28.9 Å². The first kappa shape index (κ1) is 26.4. The Morgan fingerprint density at radius 3 is 2.78 bits per heavy atom. The molecule has 1 aliphatic rings. The second kappa shape index (κ2) is 12.1. The number of benzene rings is 2. The molecule has 2 aromatic carbocycles. The van der Waals surface area contributed by atoms with Gasteiger partial charge in [0.2, 0.25) is 0 Å². The van der Waals surface area contributed by atoms with Gasteiger partial charge in [0, 0.05) is 40.2 Å². The fourth-order valence-corrected chi connectivity index (χ4v) is 5.94. The molecule has 0 spiro atoms. The van der Waals surface area contributed by atoms with Gasteiger partial charge in [-0.25, -0.2) is 4.98 Å². The summed E-state index contributed by atoms with van der Waals surface area (Å²) in [5.74, 6) is 0.829. The number of aromatic nitrogens is 2. The molecule has 0 bridgehead atoms. The first-order chi connectivity index (χ1) is 18.0. The molecule has 0 saturated heterocycles. The van der Waals surface area contributed by atoms with Crippen LogP contribution in [0.15, 0.2) is 53.6 Å². The van der Waals surface area contributed by atoms with Crippen molar-refractivity contribution >= 4 is 42.3 Å². The van der Waals surface area contributed by atoms with Crippen molar-refractivity contribution < 1.29 is 19.0 Å². The van der Waals surface area contributed by atoms with Crippen molar-refractivity contribution in [3.05, 3.63) is 54.2 Å². The molecule has 37 heavy (non-hydrogen) atoms. The highest BCUT2D eigenvalue weighted by Gasteiger charge is 2.23. The minimum absolute atomic E-state index is 0.303. The number of fused-ring (bicyclic) bond motifs is 3.